The number of benzene rings is 2. The fourth-order valence-corrected chi connectivity index (χ4v) is 4.42. The number of Topliss-reactive ketones (excluding diaryl/α,β-unsaturated/α-hetero) is 1. The fourth-order valence-electron chi connectivity index (χ4n) is 1.93. The van der Waals surface area contributed by atoms with Gasteiger partial charge >= 0.3 is 0 Å². The van der Waals surface area contributed by atoms with E-state index in [2.05, 4.69) is 48.5 Å². The number of ketones is 1. The lowest BCUT2D eigenvalue weighted by Crippen LogP contribution is -2.23. The van der Waals surface area contributed by atoms with Gasteiger partial charge in [0.1, 0.15) is 5.78 Å². The molecule has 0 unspecified atom stereocenters. The van der Waals surface area contributed by atoms with Gasteiger partial charge in [0.15, 0.2) is 0 Å². The van der Waals surface area contributed by atoms with Crippen molar-refractivity contribution in [1.82, 2.24) is 0 Å². The van der Waals surface area contributed by atoms with E-state index in [0.29, 0.717) is 11.5 Å². The first-order valence-corrected chi connectivity index (χ1v) is 8.42. The van der Waals surface area contributed by atoms with Crippen LogP contribution < -0.4 is 0 Å². The standard InChI is InChI=1S/C18H22OS/c1-18(2,3)17(19)14-20(15-10-6-4-7-11-15)16-12-8-5-9-13-16/h4-13,20H,14H2,1-3H3. The van der Waals surface area contributed by atoms with E-state index < -0.39 is 10.9 Å². The molecule has 0 saturated heterocycles. The van der Waals surface area contributed by atoms with Crippen molar-refractivity contribution in [2.45, 2.75) is 30.6 Å². The van der Waals surface area contributed by atoms with Crippen LogP contribution in [0.2, 0.25) is 0 Å². The van der Waals surface area contributed by atoms with Crippen LogP contribution in [-0.4, -0.2) is 11.5 Å². The van der Waals surface area contributed by atoms with Crippen LogP contribution in [0.1, 0.15) is 20.8 Å². The molecule has 0 aliphatic heterocycles. The van der Waals surface area contributed by atoms with E-state index in [1.807, 2.05) is 32.9 Å². The summed E-state index contributed by atoms with van der Waals surface area (Å²) in [4.78, 5) is 15.0. The van der Waals surface area contributed by atoms with Gasteiger partial charge in [-0.15, -0.1) is 0 Å². The lowest BCUT2D eigenvalue weighted by atomic mass is 9.92. The summed E-state index contributed by atoms with van der Waals surface area (Å²) in [6.07, 6.45) is 0. The number of thiol groups is 1. The first kappa shape index (κ1) is 14.9. The van der Waals surface area contributed by atoms with Gasteiger partial charge in [-0.2, -0.15) is 10.9 Å². The summed E-state index contributed by atoms with van der Waals surface area (Å²) in [6.45, 7) is 6.00. The zero-order chi connectivity index (χ0) is 14.6. The van der Waals surface area contributed by atoms with E-state index in [0.717, 1.165) is 0 Å². The third kappa shape index (κ3) is 3.73. The summed E-state index contributed by atoms with van der Waals surface area (Å²) in [5.41, 5.74) is -0.274. The molecule has 0 aromatic heterocycles. The maximum Gasteiger partial charge on any atom is 0.146 e. The number of carbonyl (C=O) groups excluding carboxylic acids is 1. The SMILES string of the molecule is CC(C)(C)C(=O)C[SH](c1ccccc1)c1ccccc1. The van der Waals surface area contributed by atoms with Gasteiger partial charge in [0, 0.05) is 11.2 Å². The minimum Gasteiger partial charge on any atom is -0.298 e. The van der Waals surface area contributed by atoms with Gasteiger partial charge in [0.25, 0.3) is 0 Å². The third-order valence-corrected chi connectivity index (χ3v) is 5.72. The van der Waals surface area contributed by atoms with E-state index in [1.54, 1.807) is 0 Å². The molecule has 0 aliphatic rings. The second-order valence-electron chi connectivity index (χ2n) is 5.93. The van der Waals surface area contributed by atoms with Crippen LogP contribution >= 0.6 is 10.9 Å². The Morgan fingerprint density at radius 3 is 1.60 bits per heavy atom. The van der Waals surface area contributed by atoms with Gasteiger partial charge < -0.3 is 0 Å². The van der Waals surface area contributed by atoms with Crippen molar-refractivity contribution >= 4 is 16.7 Å². The molecule has 0 spiro atoms. The minimum absolute atomic E-state index is 0.274. The number of carbonyl (C=O) groups is 1. The maximum absolute atomic E-state index is 12.4. The Morgan fingerprint density at radius 2 is 1.25 bits per heavy atom. The zero-order valence-corrected chi connectivity index (χ0v) is 13.2. The monoisotopic (exact) mass is 286 g/mol. The predicted octanol–water partition coefficient (Wildman–Crippen LogP) is 4.72. The molecule has 2 aromatic carbocycles. The summed E-state index contributed by atoms with van der Waals surface area (Å²) in [6, 6.07) is 20.8. The minimum atomic E-state index is -0.604. The highest BCUT2D eigenvalue weighted by molar-refractivity contribution is 8.17. The second kappa shape index (κ2) is 6.27. The summed E-state index contributed by atoms with van der Waals surface area (Å²) < 4.78 is 0. The summed E-state index contributed by atoms with van der Waals surface area (Å²) >= 11 is 0. The van der Waals surface area contributed by atoms with Crippen molar-refractivity contribution in [3.8, 4) is 0 Å². The van der Waals surface area contributed by atoms with Crippen LogP contribution in [0.5, 0.6) is 0 Å². The quantitative estimate of drug-likeness (QED) is 0.805. The van der Waals surface area contributed by atoms with E-state index in [4.69, 9.17) is 0 Å². The van der Waals surface area contributed by atoms with Crippen molar-refractivity contribution in [2.24, 2.45) is 5.41 Å². The van der Waals surface area contributed by atoms with Gasteiger partial charge in [-0.25, -0.2) is 0 Å². The number of hydrogen-bond acceptors (Lipinski definition) is 1. The first-order chi connectivity index (χ1) is 9.48. The maximum atomic E-state index is 12.4. The molecule has 1 nitrogen and oxygen atoms in total. The van der Waals surface area contributed by atoms with Crippen LogP contribution in [0.3, 0.4) is 0 Å². The molecule has 106 valence electrons. The first-order valence-electron chi connectivity index (χ1n) is 6.89. The van der Waals surface area contributed by atoms with Gasteiger partial charge in [-0.3, -0.25) is 4.79 Å². The van der Waals surface area contributed by atoms with Gasteiger partial charge in [-0.05, 0) is 34.1 Å². The van der Waals surface area contributed by atoms with Crippen molar-refractivity contribution in [3.63, 3.8) is 0 Å². The number of hydrogen-bond donors (Lipinski definition) is 1. The molecule has 0 atom stereocenters. The molecule has 20 heavy (non-hydrogen) atoms. The molecule has 0 aliphatic carbocycles. The topological polar surface area (TPSA) is 17.1 Å². The molecule has 0 N–H and O–H groups in total. The number of rotatable bonds is 4. The fraction of sp³-hybridized carbons (Fsp3) is 0.278. The third-order valence-electron chi connectivity index (χ3n) is 3.27. The Hall–Kier alpha value is -1.54. The van der Waals surface area contributed by atoms with Crippen LogP contribution in [0.25, 0.3) is 0 Å². The van der Waals surface area contributed by atoms with Gasteiger partial charge in [-0.1, -0.05) is 57.2 Å². The highest BCUT2D eigenvalue weighted by atomic mass is 32.2. The molecule has 0 fully saturated rings. The van der Waals surface area contributed by atoms with E-state index in [1.165, 1.54) is 9.79 Å². The van der Waals surface area contributed by atoms with Crippen LogP contribution in [0.15, 0.2) is 70.5 Å². The molecule has 0 bridgehead atoms. The zero-order valence-electron chi connectivity index (χ0n) is 12.3. The smallest absolute Gasteiger partial charge is 0.146 e. The van der Waals surface area contributed by atoms with Crippen LogP contribution in [0, 0.1) is 5.41 Å². The van der Waals surface area contributed by atoms with Crippen molar-refractivity contribution < 1.29 is 4.79 Å². The molecule has 2 heteroatoms. The predicted molar refractivity (Wildman–Crippen MR) is 87.7 cm³/mol. The van der Waals surface area contributed by atoms with Crippen molar-refractivity contribution in [1.29, 1.82) is 0 Å². The van der Waals surface area contributed by atoms with Crippen LogP contribution in [0.4, 0.5) is 0 Å². The summed E-state index contributed by atoms with van der Waals surface area (Å²) in [5.74, 6) is 0.948. The summed E-state index contributed by atoms with van der Waals surface area (Å²) in [7, 11) is -0.604. The molecule has 2 rings (SSSR count). The molecular weight excluding hydrogens is 264 g/mol. The van der Waals surface area contributed by atoms with E-state index in [9.17, 15) is 4.79 Å². The van der Waals surface area contributed by atoms with E-state index in [-0.39, 0.29) is 5.41 Å². The Bertz CT molecular complexity index is 515. The average molecular weight is 286 g/mol. The summed E-state index contributed by atoms with van der Waals surface area (Å²) in [5, 5.41) is 0. The van der Waals surface area contributed by atoms with Gasteiger partial charge in [0.2, 0.25) is 0 Å². The molecule has 0 amide bonds. The second-order valence-corrected chi connectivity index (χ2v) is 8.14. The largest absolute Gasteiger partial charge is 0.298 e. The Kier molecular flexibility index (Phi) is 4.66. The average Bonchev–Trinajstić information content (AvgIpc) is 2.45. The van der Waals surface area contributed by atoms with Crippen molar-refractivity contribution in [3.05, 3.63) is 60.7 Å². The molecule has 2 aromatic rings. The highest BCUT2D eigenvalue weighted by Gasteiger charge is 2.24. The molecule has 0 heterocycles. The Labute approximate surface area is 124 Å². The lowest BCUT2D eigenvalue weighted by molar-refractivity contribution is -0.123. The molecule has 0 radical (unpaired) electrons. The molecule has 0 saturated carbocycles. The van der Waals surface area contributed by atoms with Crippen molar-refractivity contribution in [2.75, 3.05) is 5.75 Å². The van der Waals surface area contributed by atoms with Crippen LogP contribution in [-0.2, 0) is 4.79 Å². The van der Waals surface area contributed by atoms with E-state index >= 15 is 0 Å². The normalized spacial score (nSPS) is 12.1. The Balaban J connectivity index is 2.34. The van der Waals surface area contributed by atoms with Gasteiger partial charge in [0.05, 0.1) is 0 Å². The molecular formula is C18H22OS. The lowest BCUT2D eigenvalue weighted by Gasteiger charge is -2.26. The highest BCUT2D eigenvalue weighted by Crippen LogP contribution is 2.45. The Morgan fingerprint density at radius 1 is 0.850 bits per heavy atom.